The Labute approximate surface area is 220 Å². The summed E-state index contributed by atoms with van der Waals surface area (Å²) >= 11 is 0. The van der Waals surface area contributed by atoms with Crippen molar-refractivity contribution in [1.82, 2.24) is 14.1 Å². The number of hydrogen-bond donors (Lipinski definition) is 2. The molecule has 0 radical (unpaired) electrons. The summed E-state index contributed by atoms with van der Waals surface area (Å²) in [4.78, 5) is 4.27. The van der Waals surface area contributed by atoms with E-state index in [0.29, 0.717) is 11.4 Å². The number of nitrogens with zero attached hydrogens (tertiary/aromatic N) is 3. The summed E-state index contributed by atoms with van der Waals surface area (Å²) in [7, 11) is 0. The van der Waals surface area contributed by atoms with Gasteiger partial charge >= 0.3 is 0 Å². The Morgan fingerprint density at radius 1 is 0.474 bits per heavy atom. The Hall–Kier alpha value is -5.29. The monoisotopic (exact) mass is 491 g/mol. The van der Waals surface area contributed by atoms with Gasteiger partial charge in [-0.1, -0.05) is 72.8 Å². The lowest BCUT2D eigenvalue weighted by Crippen LogP contribution is -2.05. The quantitative estimate of drug-likeness (QED) is 0.268. The maximum absolute atomic E-state index is 6.97. The van der Waals surface area contributed by atoms with Crippen molar-refractivity contribution in [2.24, 2.45) is 0 Å². The van der Waals surface area contributed by atoms with Gasteiger partial charge in [-0.15, -0.1) is 0 Å². The first-order valence-electron chi connectivity index (χ1n) is 12.6. The van der Waals surface area contributed by atoms with E-state index in [1.165, 1.54) is 0 Å². The van der Waals surface area contributed by atoms with E-state index in [1.54, 1.807) is 6.20 Å². The van der Waals surface area contributed by atoms with E-state index in [1.807, 2.05) is 54.7 Å². The normalized spacial score (nSPS) is 11.4. The number of benzene rings is 4. The minimum atomic E-state index is 0.698. The Morgan fingerprint density at radius 2 is 1.00 bits per heavy atom. The van der Waals surface area contributed by atoms with E-state index >= 15 is 0 Å². The highest BCUT2D eigenvalue weighted by atomic mass is 15.1. The summed E-state index contributed by atoms with van der Waals surface area (Å²) in [5.74, 6) is 0. The van der Waals surface area contributed by atoms with Crippen molar-refractivity contribution in [1.29, 1.82) is 0 Å². The van der Waals surface area contributed by atoms with Crippen LogP contribution in [0.4, 0.5) is 11.4 Å². The SMILES string of the molecule is Nc1c(-c2c(N)c3ccccc3n2-c2ccc(-c3cccnc3)cc2)n(-c2ccccc2)c2ccccc12. The number of fused-ring (bicyclic) bond motifs is 2. The molecule has 7 rings (SSSR count). The number of nitrogens with two attached hydrogens (primary N) is 2. The second kappa shape index (κ2) is 8.68. The molecular formula is C33H25N5. The Kier molecular flexibility index (Phi) is 5.01. The largest absolute Gasteiger partial charge is 0.396 e. The number of para-hydroxylation sites is 3. The van der Waals surface area contributed by atoms with Gasteiger partial charge in [-0.2, -0.15) is 0 Å². The molecule has 5 nitrogen and oxygen atoms in total. The van der Waals surface area contributed by atoms with Gasteiger partial charge in [-0.3, -0.25) is 4.98 Å². The average molecular weight is 492 g/mol. The van der Waals surface area contributed by atoms with Crippen molar-refractivity contribution in [3.63, 3.8) is 0 Å². The van der Waals surface area contributed by atoms with Gasteiger partial charge in [0.2, 0.25) is 0 Å². The van der Waals surface area contributed by atoms with Crippen molar-refractivity contribution >= 4 is 33.2 Å². The van der Waals surface area contributed by atoms with Crippen LogP contribution in [-0.4, -0.2) is 14.1 Å². The summed E-state index contributed by atoms with van der Waals surface area (Å²) in [5.41, 5.74) is 23.3. The molecule has 0 aliphatic carbocycles. The molecule has 7 aromatic rings. The highest BCUT2D eigenvalue weighted by molar-refractivity contribution is 6.09. The first-order chi connectivity index (χ1) is 18.7. The maximum Gasteiger partial charge on any atom is 0.0964 e. The van der Waals surface area contributed by atoms with Crippen LogP contribution in [0.15, 0.2) is 128 Å². The van der Waals surface area contributed by atoms with Crippen LogP contribution in [-0.2, 0) is 0 Å². The lowest BCUT2D eigenvalue weighted by atomic mass is 10.1. The van der Waals surface area contributed by atoms with E-state index < -0.39 is 0 Å². The number of hydrogen-bond acceptors (Lipinski definition) is 3. The summed E-state index contributed by atoms with van der Waals surface area (Å²) in [6.07, 6.45) is 3.66. The molecule has 0 atom stereocenters. The molecule has 182 valence electrons. The lowest BCUT2D eigenvalue weighted by Gasteiger charge is -2.16. The molecule has 0 amide bonds. The van der Waals surface area contributed by atoms with Crippen molar-refractivity contribution in [2.45, 2.75) is 0 Å². The molecule has 0 saturated carbocycles. The molecule has 0 aliphatic rings. The number of aromatic nitrogens is 3. The van der Waals surface area contributed by atoms with Crippen molar-refractivity contribution in [3.8, 4) is 33.9 Å². The molecule has 0 spiro atoms. The number of pyridine rings is 1. The molecule has 0 unspecified atom stereocenters. The summed E-state index contributed by atoms with van der Waals surface area (Å²) < 4.78 is 4.44. The first-order valence-corrected chi connectivity index (χ1v) is 12.6. The van der Waals surface area contributed by atoms with Crippen LogP contribution in [0.25, 0.3) is 55.7 Å². The second-order valence-corrected chi connectivity index (χ2v) is 9.35. The fourth-order valence-corrected chi connectivity index (χ4v) is 5.45. The van der Waals surface area contributed by atoms with Gasteiger partial charge in [0.1, 0.15) is 0 Å². The van der Waals surface area contributed by atoms with Gasteiger partial charge in [0.25, 0.3) is 0 Å². The zero-order chi connectivity index (χ0) is 25.6. The van der Waals surface area contributed by atoms with Crippen LogP contribution in [0, 0.1) is 0 Å². The average Bonchev–Trinajstić information content (AvgIpc) is 3.44. The van der Waals surface area contributed by atoms with E-state index in [4.69, 9.17) is 11.5 Å². The third-order valence-electron chi connectivity index (χ3n) is 7.19. The molecular weight excluding hydrogens is 466 g/mol. The Morgan fingerprint density at radius 3 is 1.55 bits per heavy atom. The fourth-order valence-electron chi connectivity index (χ4n) is 5.45. The van der Waals surface area contributed by atoms with Gasteiger partial charge in [-0.05, 0) is 53.6 Å². The van der Waals surface area contributed by atoms with Crippen molar-refractivity contribution in [3.05, 3.63) is 128 Å². The Balaban J connectivity index is 1.55. The van der Waals surface area contributed by atoms with Crippen molar-refractivity contribution < 1.29 is 0 Å². The van der Waals surface area contributed by atoms with E-state index in [2.05, 4.69) is 80.8 Å². The van der Waals surface area contributed by atoms with Gasteiger partial charge in [-0.25, -0.2) is 0 Å². The Bertz CT molecular complexity index is 1910. The van der Waals surface area contributed by atoms with E-state index in [0.717, 1.165) is 55.7 Å². The molecule has 3 heterocycles. The number of anilines is 2. The van der Waals surface area contributed by atoms with Crippen LogP contribution in [0.3, 0.4) is 0 Å². The molecule has 5 heteroatoms. The van der Waals surface area contributed by atoms with Crippen LogP contribution < -0.4 is 11.5 Å². The smallest absolute Gasteiger partial charge is 0.0964 e. The third-order valence-corrected chi connectivity index (χ3v) is 7.19. The van der Waals surface area contributed by atoms with Crippen molar-refractivity contribution in [2.75, 3.05) is 11.5 Å². The van der Waals surface area contributed by atoms with Crippen LogP contribution in [0.5, 0.6) is 0 Å². The predicted molar refractivity (Wildman–Crippen MR) is 158 cm³/mol. The summed E-state index contributed by atoms with van der Waals surface area (Å²) in [6, 6.07) is 39.3. The molecule has 0 bridgehead atoms. The van der Waals surface area contributed by atoms with E-state index in [-0.39, 0.29) is 0 Å². The highest BCUT2D eigenvalue weighted by Gasteiger charge is 2.26. The minimum Gasteiger partial charge on any atom is -0.396 e. The fraction of sp³-hybridized carbons (Fsp3) is 0. The zero-order valence-electron chi connectivity index (χ0n) is 20.6. The maximum atomic E-state index is 6.97. The van der Waals surface area contributed by atoms with Gasteiger partial charge in [0, 0.05) is 34.5 Å². The minimum absolute atomic E-state index is 0.698. The molecule has 0 aliphatic heterocycles. The van der Waals surface area contributed by atoms with Crippen LogP contribution in [0.1, 0.15) is 0 Å². The standard InChI is InChI=1S/C33H25N5/c34-30-26-12-4-6-14-28(26)37(24-10-2-1-3-11-24)32(30)33-31(35)27-13-5-7-15-29(27)38(33)25-18-16-22(17-19-25)23-9-8-20-36-21-23/h1-21H,34-35H2. The second-order valence-electron chi connectivity index (χ2n) is 9.35. The number of rotatable bonds is 4. The molecule has 38 heavy (non-hydrogen) atoms. The highest BCUT2D eigenvalue weighted by Crippen LogP contribution is 2.45. The van der Waals surface area contributed by atoms with E-state index in [9.17, 15) is 0 Å². The summed E-state index contributed by atoms with van der Waals surface area (Å²) in [5, 5.41) is 1.98. The third kappa shape index (κ3) is 3.29. The predicted octanol–water partition coefficient (Wildman–Crippen LogP) is 7.47. The number of nitrogen functional groups attached to an aromatic ring is 2. The van der Waals surface area contributed by atoms with Gasteiger partial charge in [0.15, 0.2) is 0 Å². The molecule has 4 aromatic carbocycles. The lowest BCUT2D eigenvalue weighted by molar-refractivity contribution is 1.07. The first kappa shape index (κ1) is 21.9. The topological polar surface area (TPSA) is 74.8 Å². The zero-order valence-corrected chi connectivity index (χ0v) is 20.6. The molecule has 4 N–H and O–H groups in total. The van der Waals surface area contributed by atoms with Gasteiger partial charge < -0.3 is 20.6 Å². The van der Waals surface area contributed by atoms with Crippen LogP contribution >= 0.6 is 0 Å². The van der Waals surface area contributed by atoms with Gasteiger partial charge in [0.05, 0.1) is 33.8 Å². The molecule has 3 aromatic heterocycles. The summed E-state index contributed by atoms with van der Waals surface area (Å²) in [6.45, 7) is 0. The molecule has 0 saturated heterocycles. The molecule has 0 fully saturated rings. The van der Waals surface area contributed by atoms with Crippen LogP contribution in [0.2, 0.25) is 0 Å².